The normalized spacial score (nSPS) is 10.3. The number of methoxy groups -OCH3 is 1. The third kappa shape index (κ3) is 2.42. The quantitative estimate of drug-likeness (QED) is 0.885. The molecule has 0 radical (unpaired) electrons. The first kappa shape index (κ1) is 11.5. The lowest BCUT2D eigenvalue weighted by Gasteiger charge is -2.06. The van der Waals surface area contributed by atoms with Crippen molar-refractivity contribution in [3.8, 4) is 17.0 Å². The lowest BCUT2D eigenvalue weighted by Crippen LogP contribution is -1.92. The summed E-state index contributed by atoms with van der Waals surface area (Å²) >= 11 is 0. The predicted octanol–water partition coefficient (Wildman–Crippen LogP) is 2.39. The van der Waals surface area contributed by atoms with Gasteiger partial charge in [-0.1, -0.05) is 24.3 Å². The van der Waals surface area contributed by atoms with Crippen molar-refractivity contribution in [1.29, 1.82) is 0 Å². The van der Waals surface area contributed by atoms with E-state index in [-0.39, 0.29) is 6.61 Å². The van der Waals surface area contributed by atoms with E-state index in [0.717, 1.165) is 17.3 Å². The Morgan fingerprint density at radius 2 is 2.00 bits per heavy atom. The summed E-state index contributed by atoms with van der Waals surface area (Å²) in [6, 6.07) is 8.56. The Kier molecular flexibility index (Phi) is 3.35. The first-order valence-corrected chi connectivity index (χ1v) is 5.14. The molecule has 1 aromatic carbocycles. The largest absolute Gasteiger partial charge is 0.481 e. The number of hydrogen-bond acceptors (Lipinski definition) is 3. The Labute approximate surface area is 98.5 Å². The smallest absolute Gasteiger partial charge is 0.213 e. The van der Waals surface area contributed by atoms with Gasteiger partial charge < -0.3 is 9.84 Å². The Morgan fingerprint density at radius 1 is 1.29 bits per heavy atom. The van der Waals surface area contributed by atoms with E-state index in [1.54, 1.807) is 30.3 Å². The summed E-state index contributed by atoms with van der Waals surface area (Å²) in [7, 11) is 1.48. The molecule has 0 aliphatic rings. The summed E-state index contributed by atoms with van der Waals surface area (Å²) in [6.45, 7) is -0.0254. The molecule has 0 saturated carbocycles. The Bertz CT molecular complexity index is 511. The summed E-state index contributed by atoms with van der Waals surface area (Å²) in [5.74, 6) is -0.0322. The molecular formula is C13H12FNO2. The summed E-state index contributed by atoms with van der Waals surface area (Å²) in [4.78, 5) is 3.78. The molecule has 2 aromatic rings. The molecule has 0 spiro atoms. The number of aromatic nitrogens is 1. The molecule has 0 atom stereocenters. The second-order valence-electron chi connectivity index (χ2n) is 3.56. The van der Waals surface area contributed by atoms with Crippen LogP contribution < -0.4 is 4.74 Å². The third-order valence-electron chi connectivity index (χ3n) is 2.49. The minimum Gasteiger partial charge on any atom is -0.481 e. The molecule has 0 unspecified atom stereocenters. The minimum absolute atomic E-state index is 0.0254. The second kappa shape index (κ2) is 4.93. The van der Waals surface area contributed by atoms with Crippen molar-refractivity contribution >= 4 is 0 Å². The summed E-state index contributed by atoms with van der Waals surface area (Å²) < 4.78 is 18.6. The third-order valence-corrected chi connectivity index (χ3v) is 2.49. The molecule has 0 saturated heterocycles. The van der Waals surface area contributed by atoms with E-state index in [9.17, 15) is 4.39 Å². The number of rotatable bonds is 3. The topological polar surface area (TPSA) is 42.4 Å². The molecule has 0 aliphatic carbocycles. The molecule has 0 aliphatic heterocycles. The molecule has 88 valence electrons. The standard InChI is InChI=1S/C13H12FNO2/c1-17-13-6-11(12(14)7-15-13)10-4-2-9(8-16)3-5-10/h2-7,16H,8H2,1H3. The Balaban J connectivity index is 2.43. The average Bonchev–Trinajstić information content (AvgIpc) is 2.39. The molecule has 0 bridgehead atoms. The maximum Gasteiger partial charge on any atom is 0.213 e. The number of hydrogen-bond donors (Lipinski definition) is 1. The van der Waals surface area contributed by atoms with Gasteiger partial charge >= 0.3 is 0 Å². The zero-order valence-corrected chi connectivity index (χ0v) is 9.35. The lowest BCUT2D eigenvalue weighted by molar-refractivity contribution is 0.282. The average molecular weight is 233 g/mol. The van der Waals surface area contributed by atoms with E-state index in [4.69, 9.17) is 9.84 Å². The summed E-state index contributed by atoms with van der Waals surface area (Å²) in [5, 5.41) is 8.93. The first-order valence-electron chi connectivity index (χ1n) is 5.14. The zero-order chi connectivity index (χ0) is 12.3. The van der Waals surface area contributed by atoms with Crippen molar-refractivity contribution in [1.82, 2.24) is 4.98 Å². The highest BCUT2D eigenvalue weighted by Crippen LogP contribution is 2.25. The number of nitrogens with zero attached hydrogens (tertiary/aromatic N) is 1. The van der Waals surface area contributed by atoms with E-state index < -0.39 is 5.82 Å². The van der Waals surface area contributed by atoms with Gasteiger partial charge in [-0.15, -0.1) is 0 Å². The van der Waals surface area contributed by atoms with Gasteiger partial charge in [-0.2, -0.15) is 0 Å². The van der Waals surface area contributed by atoms with Gasteiger partial charge in [0, 0.05) is 11.6 Å². The lowest BCUT2D eigenvalue weighted by atomic mass is 10.0. The van der Waals surface area contributed by atoms with Crippen LogP contribution in [0.15, 0.2) is 36.5 Å². The summed E-state index contributed by atoms with van der Waals surface area (Å²) in [6.07, 6.45) is 1.13. The number of benzene rings is 1. The summed E-state index contributed by atoms with van der Waals surface area (Å²) in [5.41, 5.74) is 1.94. The van der Waals surface area contributed by atoms with E-state index in [2.05, 4.69) is 4.98 Å². The Hall–Kier alpha value is -1.94. The van der Waals surface area contributed by atoms with Crippen LogP contribution in [0.3, 0.4) is 0 Å². The van der Waals surface area contributed by atoms with Gasteiger partial charge in [-0.25, -0.2) is 9.37 Å². The number of pyridine rings is 1. The minimum atomic E-state index is -0.400. The van der Waals surface area contributed by atoms with Gasteiger partial charge in [-0.3, -0.25) is 0 Å². The molecule has 1 heterocycles. The van der Waals surface area contributed by atoms with E-state index in [1.807, 2.05) is 0 Å². The van der Waals surface area contributed by atoms with Gasteiger partial charge in [0.05, 0.1) is 19.9 Å². The molecule has 0 fully saturated rings. The van der Waals surface area contributed by atoms with E-state index >= 15 is 0 Å². The van der Waals surface area contributed by atoms with Gasteiger partial charge in [0.15, 0.2) is 0 Å². The van der Waals surface area contributed by atoms with Gasteiger partial charge in [0.2, 0.25) is 5.88 Å². The van der Waals surface area contributed by atoms with Crippen molar-refractivity contribution < 1.29 is 14.2 Å². The van der Waals surface area contributed by atoms with Crippen LogP contribution >= 0.6 is 0 Å². The fourth-order valence-corrected chi connectivity index (χ4v) is 1.54. The van der Waals surface area contributed by atoms with Crippen molar-refractivity contribution in [2.45, 2.75) is 6.61 Å². The maximum atomic E-state index is 13.6. The highest BCUT2D eigenvalue weighted by molar-refractivity contribution is 5.65. The van der Waals surface area contributed by atoms with Crippen LogP contribution in [0.5, 0.6) is 5.88 Å². The SMILES string of the molecule is COc1cc(-c2ccc(CO)cc2)c(F)cn1. The van der Waals surface area contributed by atoms with Gasteiger partial charge in [0.1, 0.15) is 5.82 Å². The highest BCUT2D eigenvalue weighted by Gasteiger charge is 2.07. The van der Waals surface area contributed by atoms with Crippen LogP contribution in [0.1, 0.15) is 5.56 Å². The predicted molar refractivity (Wildman–Crippen MR) is 62.1 cm³/mol. The van der Waals surface area contributed by atoms with Gasteiger partial charge in [-0.05, 0) is 11.1 Å². The monoisotopic (exact) mass is 233 g/mol. The maximum absolute atomic E-state index is 13.6. The number of aliphatic hydroxyl groups excluding tert-OH is 1. The number of halogens is 1. The molecule has 3 nitrogen and oxygen atoms in total. The molecule has 2 rings (SSSR count). The fraction of sp³-hybridized carbons (Fsp3) is 0.154. The molecular weight excluding hydrogens is 221 g/mol. The number of ether oxygens (including phenoxy) is 1. The van der Waals surface area contributed by atoms with Crippen LogP contribution in [-0.4, -0.2) is 17.2 Å². The van der Waals surface area contributed by atoms with E-state index in [1.165, 1.54) is 7.11 Å². The van der Waals surface area contributed by atoms with Crippen LogP contribution in [0, 0.1) is 5.82 Å². The van der Waals surface area contributed by atoms with Crippen molar-refractivity contribution in [3.05, 3.63) is 47.9 Å². The number of aliphatic hydroxyl groups is 1. The second-order valence-corrected chi connectivity index (χ2v) is 3.56. The molecule has 1 N–H and O–H groups in total. The zero-order valence-electron chi connectivity index (χ0n) is 9.35. The first-order chi connectivity index (χ1) is 8.24. The van der Waals surface area contributed by atoms with Crippen LogP contribution in [-0.2, 0) is 6.61 Å². The van der Waals surface area contributed by atoms with Gasteiger partial charge in [0.25, 0.3) is 0 Å². The van der Waals surface area contributed by atoms with Crippen LogP contribution in [0.2, 0.25) is 0 Å². The fourth-order valence-electron chi connectivity index (χ4n) is 1.54. The van der Waals surface area contributed by atoms with Crippen LogP contribution in [0.4, 0.5) is 4.39 Å². The molecule has 1 aromatic heterocycles. The van der Waals surface area contributed by atoms with Crippen molar-refractivity contribution in [2.75, 3.05) is 7.11 Å². The highest BCUT2D eigenvalue weighted by atomic mass is 19.1. The van der Waals surface area contributed by atoms with Crippen molar-refractivity contribution in [2.24, 2.45) is 0 Å². The van der Waals surface area contributed by atoms with E-state index in [0.29, 0.717) is 11.4 Å². The van der Waals surface area contributed by atoms with Crippen molar-refractivity contribution in [3.63, 3.8) is 0 Å². The molecule has 17 heavy (non-hydrogen) atoms. The Morgan fingerprint density at radius 3 is 2.59 bits per heavy atom. The molecule has 4 heteroatoms. The van der Waals surface area contributed by atoms with Crippen LogP contribution in [0.25, 0.3) is 11.1 Å². The molecule has 0 amide bonds.